The van der Waals surface area contributed by atoms with Crippen molar-refractivity contribution in [2.45, 2.75) is 25.4 Å². The van der Waals surface area contributed by atoms with Crippen LogP contribution in [0.15, 0.2) is 48.7 Å². The second kappa shape index (κ2) is 8.28. The maximum absolute atomic E-state index is 5.40. The molecule has 0 radical (unpaired) electrons. The highest BCUT2D eigenvalue weighted by Crippen LogP contribution is 2.28. The Kier molecular flexibility index (Phi) is 5.35. The van der Waals surface area contributed by atoms with Crippen molar-refractivity contribution in [2.75, 3.05) is 51.8 Å². The van der Waals surface area contributed by atoms with E-state index in [-0.39, 0.29) is 0 Å². The molecule has 0 bridgehead atoms. The molecular formula is C24H31N5O. The van der Waals surface area contributed by atoms with Gasteiger partial charge in [-0.25, -0.2) is 4.98 Å². The van der Waals surface area contributed by atoms with E-state index in [9.17, 15) is 0 Å². The summed E-state index contributed by atoms with van der Waals surface area (Å²) < 4.78 is 7.68. The molecule has 3 aromatic rings. The van der Waals surface area contributed by atoms with E-state index < -0.39 is 0 Å². The van der Waals surface area contributed by atoms with Gasteiger partial charge in [0, 0.05) is 45.5 Å². The number of likely N-dealkylation sites (N-methyl/N-ethyl adjacent to an activating group) is 1. The van der Waals surface area contributed by atoms with Crippen molar-refractivity contribution in [3.63, 3.8) is 0 Å². The molecule has 5 rings (SSSR count). The van der Waals surface area contributed by atoms with E-state index in [1.807, 2.05) is 6.07 Å². The third-order valence-corrected chi connectivity index (χ3v) is 6.53. The van der Waals surface area contributed by atoms with Gasteiger partial charge in [0.15, 0.2) is 0 Å². The van der Waals surface area contributed by atoms with Crippen molar-refractivity contribution in [1.82, 2.24) is 19.2 Å². The fraction of sp³-hybridized carbons (Fsp3) is 0.458. The van der Waals surface area contributed by atoms with Gasteiger partial charge in [-0.05, 0) is 49.7 Å². The summed E-state index contributed by atoms with van der Waals surface area (Å²) in [7, 11) is 3.95. The molecule has 2 saturated heterocycles. The number of methoxy groups -OCH3 is 1. The molecule has 2 aliphatic rings. The van der Waals surface area contributed by atoms with Crippen LogP contribution in [0.5, 0.6) is 5.75 Å². The second-order valence-electron chi connectivity index (χ2n) is 8.56. The number of benzene rings is 1. The number of imidazole rings is 1. The molecule has 0 saturated carbocycles. The van der Waals surface area contributed by atoms with E-state index >= 15 is 0 Å². The number of ether oxygens (including phenoxy) is 1. The molecule has 2 fully saturated rings. The molecule has 30 heavy (non-hydrogen) atoms. The number of fused-ring (bicyclic) bond motifs is 1. The minimum Gasteiger partial charge on any atom is -0.497 e. The summed E-state index contributed by atoms with van der Waals surface area (Å²) in [5, 5.41) is 0. The first-order chi connectivity index (χ1) is 14.7. The van der Waals surface area contributed by atoms with Crippen molar-refractivity contribution in [3.05, 3.63) is 59.9 Å². The number of hydrogen-bond donors (Lipinski definition) is 0. The number of nitrogens with zero attached hydrogens (tertiary/aromatic N) is 5. The molecule has 6 nitrogen and oxygen atoms in total. The van der Waals surface area contributed by atoms with E-state index in [2.05, 4.69) is 68.7 Å². The fourth-order valence-electron chi connectivity index (χ4n) is 4.80. The lowest BCUT2D eigenvalue weighted by Gasteiger charge is -2.38. The average Bonchev–Trinajstić information content (AvgIpc) is 3.45. The van der Waals surface area contributed by atoms with Crippen molar-refractivity contribution < 1.29 is 4.74 Å². The van der Waals surface area contributed by atoms with Gasteiger partial charge < -0.3 is 9.64 Å². The molecule has 2 aliphatic heterocycles. The molecule has 158 valence electrons. The van der Waals surface area contributed by atoms with Gasteiger partial charge in [0.05, 0.1) is 18.8 Å². The Morgan fingerprint density at radius 2 is 1.87 bits per heavy atom. The first kappa shape index (κ1) is 19.4. The fourth-order valence-corrected chi connectivity index (χ4v) is 4.80. The molecule has 2 aromatic heterocycles. The zero-order chi connectivity index (χ0) is 20.5. The van der Waals surface area contributed by atoms with Crippen LogP contribution in [0.4, 0.5) is 5.82 Å². The molecule has 0 unspecified atom stereocenters. The Morgan fingerprint density at radius 3 is 2.70 bits per heavy atom. The SMILES string of the molecule is COc1cccc(CN2CCN(C)[C@H](c3cn4c(N5CCCC5)cccc4n3)C2)c1. The quantitative estimate of drug-likeness (QED) is 0.650. The Labute approximate surface area is 178 Å². The molecule has 0 amide bonds. The number of anilines is 1. The number of aromatic nitrogens is 2. The van der Waals surface area contributed by atoms with Gasteiger partial charge in [-0.15, -0.1) is 0 Å². The van der Waals surface area contributed by atoms with Crippen LogP contribution in [0.25, 0.3) is 5.65 Å². The van der Waals surface area contributed by atoms with E-state index in [4.69, 9.17) is 9.72 Å². The highest BCUT2D eigenvalue weighted by atomic mass is 16.5. The predicted molar refractivity (Wildman–Crippen MR) is 120 cm³/mol. The highest BCUT2D eigenvalue weighted by molar-refractivity contribution is 5.53. The maximum Gasteiger partial charge on any atom is 0.138 e. The maximum atomic E-state index is 5.40. The van der Waals surface area contributed by atoms with E-state index in [1.165, 1.54) is 29.9 Å². The van der Waals surface area contributed by atoms with Crippen LogP contribution >= 0.6 is 0 Å². The summed E-state index contributed by atoms with van der Waals surface area (Å²) in [4.78, 5) is 12.5. The van der Waals surface area contributed by atoms with Gasteiger partial charge in [-0.3, -0.25) is 14.2 Å². The second-order valence-corrected chi connectivity index (χ2v) is 8.56. The molecule has 1 aromatic carbocycles. The number of pyridine rings is 1. The Hall–Kier alpha value is -2.57. The Morgan fingerprint density at radius 1 is 1.03 bits per heavy atom. The van der Waals surface area contributed by atoms with E-state index in [0.717, 1.165) is 50.7 Å². The lowest BCUT2D eigenvalue weighted by molar-refractivity contribution is 0.0885. The summed E-state index contributed by atoms with van der Waals surface area (Å²) in [5.41, 5.74) is 3.51. The lowest BCUT2D eigenvalue weighted by atomic mass is 10.1. The average molecular weight is 406 g/mol. The molecule has 1 atom stereocenters. The lowest BCUT2D eigenvalue weighted by Crippen LogP contribution is -2.46. The Bertz CT molecular complexity index is 1010. The molecule has 0 aliphatic carbocycles. The summed E-state index contributed by atoms with van der Waals surface area (Å²) in [5.74, 6) is 2.20. The van der Waals surface area contributed by atoms with Crippen molar-refractivity contribution >= 4 is 11.5 Å². The van der Waals surface area contributed by atoms with Crippen LogP contribution in [0.1, 0.15) is 30.1 Å². The van der Waals surface area contributed by atoms with Crippen LogP contribution < -0.4 is 9.64 Å². The normalized spacial score (nSPS) is 20.9. The van der Waals surface area contributed by atoms with E-state index in [0.29, 0.717) is 6.04 Å². The summed E-state index contributed by atoms with van der Waals surface area (Å²) >= 11 is 0. The van der Waals surface area contributed by atoms with Crippen LogP contribution in [0, 0.1) is 0 Å². The van der Waals surface area contributed by atoms with Crippen LogP contribution in [-0.2, 0) is 6.54 Å². The summed E-state index contributed by atoms with van der Waals surface area (Å²) in [6.45, 7) is 6.32. The van der Waals surface area contributed by atoms with Crippen molar-refractivity contribution in [1.29, 1.82) is 0 Å². The number of piperazine rings is 1. The van der Waals surface area contributed by atoms with Gasteiger partial charge in [0.25, 0.3) is 0 Å². The minimum absolute atomic E-state index is 0.302. The highest BCUT2D eigenvalue weighted by Gasteiger charge is 2.28. The minimum atomic E-state index is 0.302. The standard InChI is InChI=1S/C24H31N5O/c1-26-13-14-27(16-19-7-5-8-20(15-19)30-2)18-22(26)21-17-29-23(25-21)9-6-10-24(29)28-11-3-4-12-28/h5-10,15,17,22H,3-4,11-14,16,18H2,1-2H3/t22-/m0/s1. The molecule has 0 N–H and O–H groups in total. The first-order valence-corrected chi connectivity index (χ1v) is 11.0. The zero-order valence-electron chi connectivity index (χ0n) is 18.0. The van der Waals surface area contributed by atoms with Gasteiger partial charge in [-0.1, -0.05) is 18.2 Å². The smallest absolute Gasteiger partial charge is 0.138 e. The van der Waals surface area contributed by atoms with Crippen molar-refractivity contribution in [2.24, 2.45) is 0 Å². The molecule has 4 heterocycles. The molecule has 0 spiro atoms. The van der Waals surface area contributed by atoms with Gasteiger partial charge >= 0.3 is 0 Å². The Balaban J connectivity index is 1.38. The summed E-state index contributed by atoms with van der Waals surface area (Å²) in [6, 6.07) is 15.2. The van der Waals surface area contributed by atoms with Crippen LogP contribution in [-0.4, -0.2) is 66.1 Å². The van der Waals surface area contributed by atoms with Crippen LogP contribution in [0.3, 0.4) is 0 Å². The molecule has 6 heteroatoms. The predicted octanol–water partition coefficient (Wildman–Crippen LogP) is 3.43. The number of hydrogen-bond acceptors (Lipinski definition) is 5. The van der Waals surface area contributed by atoms with Crippen molar-refractivity contribution in [3.8, 4) is 5.75 Å². The zero-order valence-corrected chi connectivity index (χ0v) is 18.0. The third kappa shape index (κ3) is 3.77. The number of rotatable bonds is 5. The van der Waals surface area contributed by atoms with Crippen LogP contribution in [0.2, 0.25) is 0 Å². The topological polar surface area (TPSA) is 36.2 Å². The largest absolute Gasteiger partial charge is 0.497 e. The third-order valence-electron chi connectivity index (χ3n) is 6.53. The monoisotopic (exact) mass is 405 g/mol. The van der Waals surface area contributed by atoms with Gasteiger partial charge in [0.1, 0.15) is 17.2 Å². The molecular weight excluding hydrogens is 374 g/mol. The summed E-state index contributed by atoms with van der Waals surface area (Å²) in [6.07, 6.45) is 4.82. The first-order valence-electron chi connectivity index (χ1n) is 11.0. The van der Waals surface area contributed by atoms with Gasteiger partial charge in [-0.2, -0.15) is 0 Å². The van der Waals surface area contributed by atoms with E-state index in [1.54, 1.807) is 7.11 Å². The van der Waals surface area contributed by atoms with Gasteiger partial charge in [0.2, 0.25) is 0 Å².